The summed E-state index contributed by atoms with van der Waals surface area (Å²) in [6.45, 7) is 1.25. The van der Waals surface area contributed by atoms with Crippen LogP contribution in [0.3, 0.4) is 0 Å². The van der Waals surface area contributed by atoms with Gasteiger partial charge in [-0.05, 0) is 18.2 Å². The zero-order valence-electron chi connectivity index (χ0n) is 13.4. The molecule has 0 aliphatic carbocycles. The Bertz CT molecular complexity index is 786. The van der Waals surface area contributed by atoms with Crippen LogP contribution in [0.15, 0.2) is 36.5 Å². The van der Waals surface area contributed by atoms with Gasteiger partial charge in [-0.15, -0.1) is 0 Å². The summed E-state index contributed by atoms with van der Waals surface area (Å²) in [4.78, 5) is 14.4. The average Bonchev–Trinajstić information content (AvgIpc) is 2.98. The molecule has 0 bridgehead atoms. The molecule has 0 spiro atoms. The first-order chi connectivity index (χ1) is 11.6. The Hall–Kier alpha value is -2.45. The van der Waals surface area contributed by atoms with Crippen LogP contribution < -0.4 is 4.74 Å². The number of likely N-dealkylation sites (tertiary alicyclic amines) is 1. The lowest BCUT2D eigenvalue weighted by molar-refractivity contribution is 0.0587. The highest BCUT2D eigenvalue weighted by Gasteiger charge is 2.26. The van der Waals surface area contributed by atoms with Crippen LogP contribution >= 0.6 is 11.6 Å². The third kappa shape index (κ3) is 3.39. The van der Waals surface area contributed by atoms with Crippen molar-refractivity contribution in [3.05, 3.63) is 52.8 Å². The summed E-state index contributed by atoms with van der Waals surface area (Å²) < 4.78 is 7.65. The summed E-state index contributed by atoms with van der Waals surface area (Å²) >= 11 is 6.12. The Morgan fingerprint density at radius 1 is 1.33 bits per heavy atom. The van der Waals surface area contributed by atoms with Crippen LogP contribution in [-0.4, -0.2) is 34.6 Å². The monoisotopic (exact) mass is 343 g/mol. The number of carbonyl (C=O) groups excluding carboxylic acids is 1. The normalized spacial score (nSPS) is 15.1. The minimum atomic E-state index is -0.0461. The summed E-state index contributed by atoms with van der Waals surface area (Å²) in [5.74, 6) is 0.639. The third-order valence-electron chi connectivity index (χ3n) is 4.21. The van der Waals surface area contributed by atoms with Gasteiger partial charge in [-0.25, -0.2) is 0 Å². The first kappa shape index (κ1) is 16.4. The van der Waals surface area contributed by atoms with Gasteiger partial charge in [-0.3, -0.25) is 4.79 Å². The quantitative estimate of drug-likeness (QED) is 0.859. The van der Waals surface area contributed by atoms with Crippen molar-refractivity contribution in [2.45, 2.75) is 18.9 Å². The van der Waals surface area contributed by atoms with Crippen molar-refractivity contribution >= 4 is 17.5 Å². The molecule has 0 atom stereocenters. The van der Waals surface area contributed by atoms with E-state index < -0.39 is 0 Å². The number of halogens is 1. The molecule has 2 heterocycles. The number of nitriles is 1. The topological polar surface area (TPSA) is 58.3 Å². The molecule has 1 aliphatic heterocycles. The Labute approximate surface area is 146 Å². The number of aromatic nitrogens is 1. The van der Waals surface area contributed by atoms with Gasteiger partial charge in [0, 0.05) is 39.2 Å². The summed E-state index contributed by atoms with van der Waals surface area (Å²) in [6, 6.07) is 11.1. The van der Waals surface area contributed by atoms with E-state index in [0.717, 1.165) is 12.8 Å². The van der Waals surface area contributed by atoms with Gasteiger partial charge < -0.3 is 14.2 Å². The number of ether oxygens (including phenoxy) is 1. The molecule has 1 saturated heterocycles. The molecule has 24 heavy (non-hydrogen) atoms. The van der Waals surface area contributed by atoms with Crippen molar-refractivity contribution in [1.29, 1.82) is 5.26 Å². The maximum absolute atomic E-state index is 12.6. The lowest BCUT2D eigenvalue weighted by Gasteiger charge is -2.32. The van der Waals surface area contributed by atoms with E-state index in [0.29, 0.717) is 35.1 Å². The Kier molecular flexibility index (Phi) is 4.77. The van der Waals surface area contributed by atoms with Crippen LogP contribution in [0.1, 0.15) is 28.9 Å². The van der Waals surface area contributed by atoms with Crippen molar-refractivity contribution in [2.75, 3.05) is 13.1 Å². The summed E-state index contributed by atoms with van der Waals surface area (Å²) in [5, 5.41) is 9.55. The van der Waals surface area contributed by atoms with Crippen LogP contribution in [0.25, 0.3) is 0 Å². The van der Waals surface area contributed by atoms with Crippen molar-refractivity contribution in [1.82, 2.24) is 9.47 Å². The second-order valence-corrected chi connectivity index (χ2v) is 6.28. The number of nitrogens with zero attached hydrogens (tertiary/aromatic N) is 3. The number of para-hydroxylation sites is 1. The number of hydrogen-bond donors (Lipinski definition) is 0. The molecule has 1 aromatic heterocycles. The molecule has 124 valence electrons. The largest absolute Gasteiger partial charge is 0.489 e. The van der Waals surface area contributed by atoms with Gasteiger partial charge in [0.15, 0.2) is 0 Å². The van der Waals surface area contributed by atoms with Gasteiger partial charge in [0.25, 0.3) is 5.91 Å². The number of amides is 1. The second-order valence-electron chi connectivity index (χ2n) is 5.88. The van der Waals surface area contributed by atoms with Gasteiger partial charge in [-0.1, -0.05) is 23.7 Å². The lowest BCUT2D eigenvalue weighted by atomic mass is 10.1. The minimum Gasteiger partial charge on any atom is -0.489 e. The van der Waals surface area contributed by atoms with Crippen molar-refractivity contribution < 1.29 is 9.53 Å². The predicted octanol–water partition coefficient (Wildman–Crippen LogP) is 3.23. The minimum absolute atomic E-state index is 0.0461. The molecule has 0 N–H and O–H groups in total. The zero-order chi connectivity index (χ0) is 17.1. The lowest BCUT2D eigenvalue weighted by Crippen LogP contribution is -2.42. The number of rotatable bonds is 3. The SMILES string of the molecule is Cn1cc(C#N)cc1C(=O)N1CCC(Oc2ccccc2Cl)CC1. The molecule has 1 aromatic carbocycles. The molecule has 1 fully saturated rings. The van der Waals surface area contributed by atoms with Crippen LogP contribution in [0.2, 0.25) is 5.02 Å². The van der Waals surface area contributed by atoms with E-state index in [4.69, 9.17) is 21.6 Å². The van der Waals surface area contributed by atoms with Gasteiger partial charge in [0.1, 0.15) is 23.6 Å². The van der Waals surface area contributed by atoms with Crippen molar-refractivity contribution in [2.24, 2.45) is 7.05 Å². The number of carbonyl (C=O) groups is 1. The fraction of sp³-hybridized carbons (Fsp3) is 0.333. The fourth-order valence-corrected chi connectivity index (χ4v) is 3.08. The third-order valence-corrected chi connectivity index (χ3v) is 4.52. The highest BCUT2D eigenvalue weighted by Crippen LogP contribution is 2.27. The van der Waals surface area contributed by atoms with Crippen LogP contribution in [-0.2, 0) is 7.05 Å². The number of aryl methyl sites for hydroxylation is 1. The summed E-state index contributed by atoms with van der Waals surface area (Å²) in [6.07, 6.45) is 3.23. The fourth-order valence-electron chi connectivity index (χ4n) is 2.90. The Morgan fingerprint density at radius 3 is 2.67 bits per heavy atom. The molecule has 0 saturated carbocycles. The van der Waals surface area contributed by atoms with Crippen molar-refractivity contribution in [3.8, 4) is 11.8 Å². The Morgan fingerprint density at radius 2 is 2.04 bits per heavy atom. The van der Waals surface area contributed by atoms with E-state index in [2.05, 4.69) is 6.07 Å². The van der Waals surface area contributed by atoms with E-state index in [-0.39, 0.29) is 12.0 Å². The number of benzene rings is 1. The maximum Gasteiger partial charge on any atom is 0.270 e. The molecule has 6 heteroatoms. The summed E-state index contributed by atoms with van der Waals surface area (Å²) in [5.41, 5.74) is 1.04. The molecule has 0 unspecified atom stereocenters. The van der Waals surface area contributed by atoms with Gasteiger partial charge in [0.2, 0.25) is 0 Å². The predicted molar refractivity (Wildman–Crippen MR) is 91.1 cm³/mol. The molecular weight excluding hydrogens is 326 g/mol. The van der Waals surface area contributed by atoms with Crippen LogP contribution in [0.5, 0.6) is 5.75 Å². The van der Waals surface area contributed by atoms with E-state index in [1.807, 2.05) is 23.1 Å². The van der Waals surface area contributed by atoms with Crippen LogP contribution in [0.4, 0.5) is 0 Å². The molecule has 1 aliphatic rings. The molecular formula is C18H18ClN3O2. The maximum atomic E-state index is 12.6. The van der Waals surface area contributed by atoms with Gasteiger partial charge in [0.05, 0.1) is 10.6 Å². The Balaban J connectivity index is 1.60. The van der Waals surface area contributed by atoms with Gasteiger partial charge in [-0.2, -0.15) is 5.26 Å². The van der Waals surface area contributed by atoms with E-state index >= 15 is 0 Å². The molecule has 3 rings (SSSR count). The standard InChI is InChI=1S/C18H18ClN3O2/c1-21-12-13(11-20)10-16(21)18(23)22-8-6-14(7-9-22)24-17-5-3-2-4-15(17)19/h2-5,10,12,14H,6-9H2,1H3. The number of hydrogen-bond acceptors (Lipinski definition) is 3. The highest BCUT2D eigenvalue weighted by atomic mass is 35.5. The first-order valence-electron chi connectivity index (χ1n) is 7.85. The molecule has 5 nitrogen and oxygen atoms in total. The van der Waals surface area contributed by atoms with E-state index in [9.17, 15) is 4.79 Å². The number of piperidine rings is 1. The van der Waals surface area contributed by atoms with Crippen LogP contribution in [0, 0.1) is 11.3 Å². The van der Waals surface area contributed by atoms with Crippen molar-refractivity contribution in [3.63, 3.8) is 0 Å². The molecule has 2 aromatic rings. The highest BCUT2D eigenvalue weighted by molar-refractivity contribution is 6.32. The van der Waals surface area contributed by atoms with E-state index in [1.54, 1.807) is 29.9 Å². The smallest absolute Gasteiger partial charge is 0.270 e. The molecule has 0 radical (unpaired) electrons. The second kappa shape index (κ2) is 6.98. The zero-order valence-corrected chi connectivity index (χ0v) is 14.2. The van der Waals surface area contributed by atoms with E-state index in [1.165, 1.54) is 0 Å². The van der Waals surface area contributed by atoms with Gasteiger partial charge >= 0.3 is 0 Å². The summed E-state index contributed by atoms with van der Waals surface area (Å²) in [7, 11) is 1.78. The first-order valence-corrected chi connectivity index (χ1v) is 8.23. The average molecular weight is 344 g/mol. The molecule has 1 amide bonds.